The zero-order valence-electron chi connectivity index (χ0n) is 16.6. The molecule has 0 aliphatic heterocycles. The number of imidazole rings is 1. The maximum atomic E-state index is 7.97. The van der Waals surface area contributed by atoms with Crippen LogP contribution in [0, 0.1) is 5.41 Å². The summed E-state index contributed by atoms with van der Waals surface area (Å²) < 4.78 is 1.96. The van der Waals surface area contributed by atoms with Gasteiger partial charge in [0.05, 0.1) is 6.20 Å². The summed E-state index contributed by atoms with van der Waals surface area (Å²) in [6.07, 6.45) is 7.79. The van der Waals surface area contributed by atoms with Crippen LogP contribution in [0.1, 0.15) is 25.3 Å². The predicted molar refractivity (Wildman–Crippen MR) is 116 cm³/mol. The molecule has 0 unspecified atom stereocenters. The van der Waals surface area contributed by atoms with Crippen LogP contribution in [0.4, 0.5) is 11.6 Å². The van der Waals surface area contributed by atoms with E-state index in [9.17, 15) is 0 Å². The second-order valence-corrected chi connectivity index (χ2v) is 6.99. The van der Waals surface area contributed by atoms with Gasteiger partial charge in [0.2, 0.25) is 5.95 Å². The summed E-state index contributed by atoms with van der Waals surface area (Å²) in [4.78, 5) is 17.7. The summed E-state index contributed by atoms with van der Waals surface area (Å²) in [7, 11) is 1.95. The topological polar surface area (TPSA) is 92.4 Å². The summed E-state index contributed by atoms with van der Waals surface area (Å²) in [6.45, 7) is 2.10. The Morgan fingerprint density at radius 3 is 2.55 bits per heavy atom. The molecule has 1 aromatic carbocycles. The number of rotatable bonds is 7. The Balaban J connectivity index is 1.54. The third kappa shape index (κ3) is 4.13. The molecule has 7 heteroatoms. The third-order valence-electron chi connectivity index (χ3n) is 4.73. The van der Waals surface area contributed by atoms with Crippen molar-refractivity contribution in [1.29, 1.82) is 5.41 Å². The number of fused-ring (bicyclic) bond motifs is 1. The van der Waals surface area contributed by atoms with Gasteiger partial charge in [0, 0.05) is 42.8 Å². The molecule has 0 aliphatic carbocycles. The van der Waals surface area contributed by atoms with Crippen LogP contribution in [0.25, 0.3) is 22.6 Å². The van der Waals surface area contributed by atoms with Crippen LogP contribution in [0.2, 0.25) is 0 Å². The molecule has 0 bridgehead atoms. The van der Waals surface area contributed by atoms with Crippen molar-refractivity contribution in [3.8, 4) is 11.4 Å². The molecule has 146 valence electrons. The molecule has 4 aromatic rings. The zero-order valence-corrected chi connectivity index (χ0v) is 16.6. The van der Waals surface area contributed by atoms with Gasteiger partial charge in [-0.1, -0.05) is 25.5 Å². The number of pyridine rings is 1. The first-order chi connectivity index (χ1) is 14.1. The van der Waals surface area contributed by atoms with Gasteiger partial charge in [-0.15, -0.1) is 0 Å². The van der Waals surface area contributed by atoms with E-state index in [4.69, 9.17) is 5.41 Å². The van der Waals surface area contributed by atoms with Crippen LogP contribution in [0.5, 0.6) is 0 Å². The molecule has 3 aromatic heterocycles. The lowest BCUT2D eigenvalue weighted by atomic mass is 10.1. The summed E-state index contributed by atoms with van der Waals surface area (Å²) in [5, 5.41) is 11.2. The van der Waals surface area contributed by atoms with Crippen molar-refractivity contribution in [2.24, 2.45) is 7.05 Å². The summed E-state index contributed by atoms with van der Waals surface area (Å²) >= 11 is 0. The molecule has 0 amide bonds. The van der Waals surface area contributed by atoms with E-state index >= 15 is 0 Å². The maximum absolute atomic E-state index is 7.97. The van der Waals surface area contributed by atoms with E-state index in [-0.39, 0.29) is 0 Å². The molecule has 2 N–H and O–H groups in total. The highest BCUT2D eigenvalue weighted by atomic mass is 15.2. The summed E-state index contributed by atoms with van der Waals surface area (Å²) in [5.41, 5.74) is 5.31. The van der Waals surface area contributed by atoms with Crippen molar-refractivity contribution in [2.45, 2.75) is 26.2 Å². The first-order valence-electron chi connectivity index (χ1n) is 9.66. The van der Waals surface area contributed by atoms with E-state index in [1.165, 1.54) is 0 Å². The van der Waals surface area contributed by atoms with Gasteiger partial charge in [0.25, 0.3) is 0 Å². The second-order valence-electron chi connectivity index (χ2n) is 6.99. The fourth-order valence-corrected chi connectivity index (χ4v) is 3.27. The lowest BCUT2D eigenvalue weighted by Crippen LogP contribution is -2.02. The van der Waals surface area contributed by atoms with Crippen molar-refractivity contribution < 1.29 is 0 Å². The maximum Gasteiger partial charge on any atom is 0.229 e. The van der Waals surface area contributed by atoms with E-state index in [0.717, 1.165) is 52.4 Å². The number of nitrogens with zero attached hydrogens (tertiary/aromatic N) is 5. The molecule has 7 nitrogen and oxygen atoms in total. The number of benzene rings is 1. The largest absolute Gasteiger partial charge is 0.324 e. The van der Waals surface area contributed by atoms with Gasteiger partial charge in [-0.3, -0.25) is 4.98 Å². The van der Waals surface area contributed by atoms with Gasteiger partial charge in [0.15, 0.2) is 5.65 Å². The van der Waals surface area contributed by atoms with Crippen molar-refractivity contribution >= 4 is 28.5 Å². The Kier molecular flexibility index (Phi) is 5.29. The third-order valence-corrected chi connectivity index (χ3v) is 4.73. The van der Waals surface area contributed by atoms with Crippen LogP contribution >= 0.6 is 0 Å². The number of aromatic nitrogens is 5. The van der Waals surface area contributed by atoms with Crippen molar-refractivity contribution in [3.05, 3.63) is 60.6 Å². The van der Waals surface area contributed by atoms with Crippen molar-refractivity contribution in [1.82, 2.24) is 24.5 Å². The van der Waals surface area contributed by atoms with Crippen LogP contribution in [0.15, 0.2) is 55.0 Å². The van der Waals surface area contributed by atoms with E-state index in [0.29, 0.717) is 12.4 Å². The monoisotopic (exact) mass is 385 g/mol. The second kappa shape index (κ2) is 8.18. The molecule has 29 heavy (non-hydrogen) atoms. The van der Waals surface area contributed by atoms with Crippen molar-refractivity contribution in [2.75, 3.05) is 5.32 Å². The Labute approximate surface area is 169 Å². The fraction of sp³-hybridized carbons (Fsp3) is 0.227. The highest BCUT2D eigenvalue weighted by Crippen LogP contribution is 2.23. The van der Waals surface area contributed by atoms with Crippen LogP contribution in [0.3, 0.4) is 0 Å². The van der Waals surface area contributed by atoms with Gasteiger partial charge >= 0.3 is 0 Å². The minimum absolute atomic E-state index is 0.522. The van der Waals surface area contributed by atoms with Crippen molar-refractivity contribution in [3.63, 3.8) is 0 Å². The molecular formula is C22H23N7. The molecule has 4 rings (SSSR count). The first-order valence-corrected chi connectivity index (χ1v) is 9.66. The van der Waals surface area contributed by atoms with Gasteiger partial charge in [0.1, 0.15) is 11.3 Å². The van der Waals surface area contributed by atoms with Crippen LogP contribution in [-0.2, 0) is 13.5 Å². The molecule has 0 saturated carbocycles. The summed E-state index contributed by atoms with van der Waals surface area (Å²) in [6, 6.07) is 11.9. The molecule has 0 atom stereocenters. The molecule has 0 saturated heterocycles. The number of hydrogen-bond acceptors (Lipinski definition) is 6. The molecule has 0 spiro atoms. The predicted octanol–water partition coefficient (Wildman–Crippen LogP) is 4.53. The molecular weight excluding hydrogens is 362 g/mol. The van der Waals surface area contributed by atoms with E-state index in [1.807, 2.05) is 48.0 Å². The number of aryl methyl sites for hydroxylation is 1. The van der Waals surface area contributed by atoms with Gasteiger partial charge in [-0.05, 0) is 36.2 Å². The molecule has 0 radical (unpaired) electrons. The summed E-state index contributed by atoms with van der Waals surface area (Å²) in [5.74, 6) is 1.35. The SMILES string of the molecule is CCCC(=N)Cc1ccc(Nc2ncc3nc(-c4ccncc4)n(C)c3n2)cc1. The Bertz CT molecular complexity index is 1130. The van der Waals surface area contributed by atoms with Crippen LogP contribution in [-0.4, -0.2) is 30.2 Å². The zero-order chi connectivity index (χ0) is 20.2. The lowest BCUT2D eigenvalue weighted by Gasteiger charge is -2.07. The van der Waals surface area contributed by atoms with E-state index in [2.05, 4.69) is 32.2 Å². The van der Waals surface area contributed by atoms with Crippen LogP contribution < -0.4 is 5.32 Å². The highest BCUT2D eigenvalue weighted by molar-refractivity contribution is 5.83. The Hall–Kier alpha value is -3.61. The standard InChI is InChI=1S/C22H23N7/c1-3-4-17(23)13-15-5-7-18(8-6-15)26-22-25-14-19-21(28-22)29(2)20(27-19)16-9-11-24-12-10-16/h5-12,14,23H,3-4,13H2,1-2H3,(H,25,26,28). The highest BCUT2D eigenvalue weighted by Gasteiger charge is 2.12. The fourth-order valence-electron chi connectivity index (χ4n) is 3.27. The minimum atomic E-state index is 0.522. The first kappa shape index (κ1) is 18.7. The Morgan fingerprint density at radius 2 is 1.83 bits per heavy atom. The number of hydrogen-bond donors (Lipinski definition) is 2. The number of anilines is 2. The van der Waals surface area contributed by atoms with Gasteiger partial charge in [-0.25, -0.2) is 9.97 Å². The van der Waals surface area contributed by atoms with E-state index in [1.54, 1.807) is 18.6 Å². The average Bonchev–Trinajstić information content (AvgIpc) is 3.06. The lowest BCUT2D eigenvalue weighted by molar-refractivity contribution is 0.939. The molecule has 3 heterocycles. The van der Waals surface area contributed by atoms with Gasteiger partial charge < -0.3 is 15.3 Å². The normalized spacial score (nSPS) is 11.0. The smallest absolute Gasteiger partial charge is 0.229 e. The molecule has 0 aliphatic rings. The van der Waals surface area contributed by atoms with E-state index < -0.39 is 0 Å². The Morgan fingerprint density at radius 1 is 1.07 bits per heavy atom. The molecule has 0 fully saturated rings. The minimum Gasteiger partial charge on any atom is -0.324 e. The number of nitrogens with one attached hydrogen (secondary N) is 2. The quantitative estimate of drug-likeness (QED) is 0.456. The van der Waals surface area contributed by atoms with Gasteiger partial charge in [-0.2, -0.15) is 4.98 Å². The average molecular weight is 385 g/mol.